The number of nitro groups is 1. The molecule has 0 aliphatic carbocycles. The van der Waals surface area contributed by atoms with E-state index in [1.807, 2.05) is 6.07 Å². The molecule has 1 aromatic heterocycles. The van der Waals surface area contributed by atoms with Crippen molar-refractivity contribution in [1.82, 2.24) is 4.98 Å². The lowest BCUT2D eigenvalue weighted by molar-refractivity contribution is -0.384. The lowest BCUT2D eigenvalue weighted by Crippen LogP contribution is -2.03. The Bertz CT molecular complexity index is 812. The maximum Gasteiger partial charge on any atom is 0.387 e. The summed E-state index contributed by atoms with van der Waals surface area (Å²) < 4.78 is 29.2. The minimum absolute atomic E-state index is 0.00361. The summed E-state index contributed by atoms with van der Waals surface area (Å²) >= 11 is 1.21. The van der Waals surface area contributed by atoms with Crippen molar-refractivity contribution in [2.24, 2.45) is 0 Å². The quantitative estimate of drug-likeness (QED) is 0.467. The topological polar surface area (TPSA) is 89.0 Å². The number of non-ortho nitro benzene ring substituents is 1. The van der Waals surface area contributed by atoms with Gasteiger partial charge in [0.15, 0.2) is 0 Å². The molecule has 0 radical (unpaired) electrons. The summed E-state index contributed by atoms with van der Waals surface area (Å²) in [5, 5.41) is 22.2. The number of nitriles is 1. The lowest BCUT2D eigenvalue weighted by Gasteiger charge is -2.08. The van der Waals surface area contributed by atoms with Crippen LogP contribution in [0.4, 0.5) is 14.5 Å². The molecule has 23 heavy (non-hydrogen) atoms. The van der Waals surface area contributed by atoms with Crippen molar-refractivity contribution in [3.05, 3.63) is 50.0 Å². The number of rotatable bonds is 5. The molecule has 9 heteroatoms. The van der Waals surface area contributed by atoms with Crippen LogP contribution >= 0.6 is 11.3 Å². The van der Waals surface area contributed by atoms with E-state index in [1.54, 1.807) is 12.3 Å². The van der Waals surface area contributed by atoms with Crippen molar-refractivity contribution in [2.75, 3.05) is 0 Å². The van der Waals surface area contributed by atoms with Gasteiger partial charge in [-0.2, -0.15) is 14.0 Å². The highest BCUT2D eigenvalue weighted by Gasteiger charge is 2.15. The van der Waals surface area contributed by atoms with E-state index in [2.05, 4.69) is 9.72 Å². The van der Waals surface area contributed by atoms with E-state index in [9.17, 15) is 24.2 Å². The number of aryl methyl sites for hydroxylation is 1. The summed E-state index contributed by atoms with van der Waals surface area (Å²) in [6.07, 6.45) is 1.24. The van der Waals surface area contributed by atoms with Crippen LogP contribution in [-0.2, 0) is 0 Å². The molecular formula is C14H9F2N3O3S. The minimum atomic E-state index is -3.09. The molecular weight excluding hydrogens is 328 g/mol. The first-order chi connectivity index (χ1) is 10.9. The molecule has 0 bridgehead atoms. The molecule has 118 valence electrons. The summed E-state index contributed by atoms with van der Waals surface area (Å²) in [5.41, 5.74) is 0.506. The second kappa shape index (κ2) is 6.93. The number of hydrogen-bond donors (Lipinski definition) is 0. The zero-order valence-corrected chi connectivity index (χ0v) is 12.5. The molecule has 0 saturated carbocycles. The summed E-state index contributed by atoms with van der Waals surface area (Å²) in [4.78, 5) is 14.3. The van der Waals surface area contributed by atoms with Crippen LogP contribution in [0.3, 0.4) is 0 Å². The normalized spacial score (nSPS) is 11.3. The summed E-state index contributed by atoms with van der Waals surface area (Å²) in [6.45, 7) is -1.34. The van der Waals surface area contributed by atoms with Crippen LogP contribution in [0.2, 0.25) is 0 Å². The van der Waals surface area contributed by atoms with Gasteiger partial charge in [-0.3, -0.25) is 10.1 Å². The Morgan fingerprint density at radius 1 is 1.57 bits per heavy atom. The molecule has 1 heterocycles. The maximum absolute atomic E-state index is 12.5. The van der Waals surface area contributed by atoms with E-state index in [4.69, 9.17) is 0 Å². The van der Waals surface area contributed by atoms with Gasteiger partial charge in [0.05, 0.1) is 10.5 Å². The number of aromatic nitrogens is 1. The second-order valence-corrected chi connectivity index (χ2v) is 5.18. The minimum Gasteiger partial charge on any atom is -0.434 e. The van der Waals surface area contributed by atoms with Crippen LogP contribution in [0, 0.1) is 28.4 Å². The predicted molar refractivity (Wildman–Crippen MR) is 80.1 cm³/mol. The molecule has 0 saturated heterocycles. The van der Waals surface area contributed by atoms with Gasteiger partial charge in [-0.15, -0.1) is 11.3 Å². The fourth-order valence-corrected chi connectivity index (χ4v) is 2.50. The van der Waals surface area contributed by atoms with Gasteiger partial charge >= 0.3 is 6.61 Å². The third-order valence-electron chi connectivity index (χ3n) is 2.69. The molecule has 0 amide bonds. The van der Waals surface area contributed by atoms with Crippen LogP contribution in [-0.4, -0.2) is 16.5 Å². The average Bonchev–Trinajstić information content (AvgIpc) is 2.91. The molecule has 1 aromatic carbocycles. The predicted octanol–water partition coefficient (Wildman–Crippen LogP) is 4.03. The zero-order chi connectivity index (χ0) is 17.0. The molecule has 2 rings (SSSR count). The number of nitro benzene ring substituents is 1. The first-order valence-corrected chi connectivity index (χ1v) is 7.06. The summed E-state index contributed by atoms with van der Waals surface area (Å²) in [7, 11) is 0. The Labute approximate surface area is 133 Å². The van der Waals surface area contributed by atoms with Gasteiger partial charge in [0, 0.05) is 28.8 Å². The highest BCUT2D eigenvalue weighted by Crippen LogP contribution is 2.30. The van der Waals surface area contributed by atoms with E-state index in [0.717, 1.165) is 18.2 Å². The van der Waals surface area contributed by atoms with Crippen LogP contribution in [0.15, 0.2) is 23.6 Å². The van der Waals surface area contributed by atoms with Crippen molar-refractivity contribution in [1.29, 1.82) is 5.26 Å². The van der Waals surface area contributed by atoms with Gasteiger partial charge in [0.25, 0.3) is 5.69 Å². The molecule has 0 aliphatic heterocycles. The lowest BCUT2D eigenvalue weighted by atomic mass is 10.1. The number of hydrogen-bond acceptors (Lipinski definition) is 6. The number of alkyl halides is 2. The largest absolute Gasteiger partial charge is 0.434 e. The van der Waals surface area contributed by atoms with Gasteiger partial charge in [0.2, 0.25) is 0 Å². The number of benzene rings is 1. The van der Waals surface area contributed by atoms with Gasteiger partial charge in [-0.05, 0) is 19.1 Å². The van der Waals surface area contributed by atoms with Crippen molar-refractivity contribution in [3.8, 4) is 11.8 Å². The second-order valence-electron chi connectivity index (χ2n) is 4.32. The van der Waals surface area contributed by atoms with Gasteiger partial charge in [0.1, 0.15) is 16.8 Å². The molecule has 0 N–H and O–H groups in total. The van der Waals surface area contributed by atoms with Crippen molar-refractivity contribution < 1.29 is 18.4 Å². The molecule has 6 nitrogen and oxygen atoms in total. The third-order valence-corrected chi connectivity index (χ3v) is 3.68. The number of ether oxygens (including phenoxy) is 1. The summed E-state index contributed by atoms with van der Waals surface area (Å²) in [6, 6.07) is 5.09. The first kappa shape index (κ1) is 16.5. The van der Waals surface area contributed by atoms with Crippen molar-refractivity contribution >= 4 is 28.7 Å². The molecule has 0 spiro atoms. The Morgan fingerprint density at radius 3 is 2.83 bits per heavy atom. The zero-order valence-electron chi connectivity index (χ0n) is 11.7. The smallest absolute Gasteiger partial charge is 0.387 e. The van der Waals surface area contributed by atoms with Gasteiger partial charge in [-0.1, -0.05) is 0 Å². The number of thiazole rings is 1. The Hall–Kier alpha value is -2.86. The first-order valence-electron chi connectivity index (χ1n) is 6.18. The van der Waals surface area contributed by atoms with E-state index in [0.29, 0.717) is 10.7 Å². The van der Waals surface area contributed by atoms with Crippen molar-refractivity contribution in [3.63, 3.8) is 0 Å². The van der Waals surface area contributed by atoms with Gasteiger partial charge in [-0.25, -0.2) is 4.98 Å². The fraction of sp³-hybridized carbons (Fsp3) is 0.143. The van der Waals surface area contributed by atoms with Crippen LogP contribution < -0.4 is 4.74 Å². The van der Waals surface area contributed by atoms with Crippen LogP contribution in [0.5, 0.6) is 5.75 Å². The number of allylic oxidation sites excluding steroid dienone is 1. The monoisotopic (exact) mass is 337 g/mol. The standard InChI is InChI=1S/C14H9F2N3O3S/c1-8-7-23-13(18-8)10(6-17)4-9-5-11(19(20)21)2-3-12(9)22-14(15)16/h2-5,7,14H,1H3. The fourth-order valence-electron chi connectivity index (χ4n) is 1.74. The Kier molecular flexibility index (Phi) is 4.98. The van der Waals surface area contributed by atoms with Crippen LogP contribution in [0.25, 0.3) is 11.6 Å². The number of halogens is 2. The van der Waals surface area contributed by atoms with Gasteiger partial charge < -0.3 is 4.74 Å². The Morgan fingerprint density at radius 2 is 2.30 bits per heavy atom. The number of nitrogens with zero attached hydrogens (tertiary/aromatic N) is 3. The summed E-state index contributed by atoms with van der Waals surface area (Å²) in [5.74, 6) is -0.258. The molecule has 0 unspecified atom stereocenters. The SMILES string of the molecule is Cc1csc(C(C#N)=Cc2cc([N+](=O)[O-])ccc2OC(F)F)n1. The van der Waals surface area contributed by atoms with E-state index in [-0.39, 0.29) is 22.6 Å². The van der Waals surface area contributed by atoms with Crippen LogP contribution in [0.1, 0.15) is 16.3 Å². The van der Waals surface area contributed by atoms with E-state index in [1.165, 1.54) is 17.4 Å². The van der Waals surface area contributed by atoms with E-state index < -0.39 is 11.5 Å². The highest BCUT2D eigenvalue weighted by molar-refractivity contribution is 7.11. The third kappa shape index (κ3) is 4.08. The average molecular weight is 337 g/mol. The van der Waals surface area contributed by atoms with E-state index >= 15 is 0 Å². The molecule has 2 aromatic rings. The molecule has 0 aliphatic rings. The molecule has 0 atom stereocenters. The highest BCUT2D eigenvalue weighted by atomic mass is 32.1. The van der Waals surface area contributed by atoms with Crippen molar-refractivity contribution in [2.45, 2.75) is 13.5 Å². The maximum atomic E-state index is 12.5. The Balaban J connectivity index is 2.54. The molecule has 0 fully saturated rings.